The zero-order chi connectivity index (χ0) is 29.5. The van der Waals surface area contributed by atoms with Crippen LogP contribution in [0.15, 0.2) is 78.9 Å². The Morgan fingerprint density at radius 1 is 0.881 bits per heavy atom. The first-order valence-corrected chi connectivity index (χ1v) is 15.0. The molecule has 1 unspecified atom stereocenters. The van der Waals surface area contributed by atoms with Crippen LogP contribution >= 0.6 is 0 Å². The van der Waals surface area contributed by atoms with Crippen molar-refractivity contribution in [3.05, 3.63) is 84.4 Å². The molecule has 1 N–H and O–H groups in total. The number of para-hydroxylation sites is 1. The van der Waals surface area contributed by atoms with Crippen LogP contribution in [-0.4, -0.2) is 54.9 Å². The summed E-state index contributed by atoms with van der Waals surface area (Å²) in [5, 5.41) is 2.98. The third kappa shape index (κ3) is 8.35. The van der Waals surface area contributed by atoms with Crippen LogP contribution in [-0.2, 0) is 20.7 Å². The second kappa shape index (κ2) is 13.4. The topological polar surface area (TPSA) is 77.1 Å². The summed E-state index contributed by atoms with van der Waals surface area (Å²) in [5.74, 6) is 1.65. The minimum absolute atomic E-state index is 0.0334. The van der Waals surface area contributed by atoms with Crippen molar-refractivity contribution in [2.75, 3.05) is 31.6 Å². The lowest BCUT2D eigenvalue weighted by atomic mass is 10.0. The molecule has 1 heterocycles. The molecule has 1 aliphatic carbocycles. The fraction of sp³-hybridized carbons (Fsp3) is 0.429. The second-order valence-corrected chi connectivity index (χ2v) is 12.4. The number of nitrogens with one attached hydrogen (secondary N) is 1. The summed E-state index contributed by atoms with van der Waals surface area (Å²) in [5.41, 5.74) is 3.59. The van der Waals surface area contributed by atoms with E-state index < -0.39 is 5.60 Å². The summed E-state index contributed by atoms with van der Waals surface area (Å²) in [4.78, 5) is 27.2. The summed E-state index contributed by atoms with van der Waals surface area (Å²) in [6.07, 6.45) is 2.64. The minimum atomic E-state index is -0.477. The van der Waals surface area contributed by atoms with Gasteiger partial charge in [-0.15, -0.1) is 0 Å². The van der Waals surface area contributed by atoms with Gasteiger partial charge in [0.05, 0.1) is 18.7 Å². The highest BCUT2D eigenvalue weighted by molar-refractivity contribution is 5.91. The smallest absolute Gasteiger partial charge is 0.411 e. The Kier molecular flexibility index (Phi) is 9.48. The number of hydrogen-bond donors (Lipinski definition) is 1. The molecule has 1 amide bonds. The molecule has 7 nitrogen and oxygen atoms in total. The van der Waals surface area contributed by atoms with Crippen molar-refractivity contribution >= 4 is 17.7 Å². The third-order valence-corrected chi connectivity index (χ3v) is 7.94. The van der Waals surface area contributed by atoms with Crippen LogP contribution in [0.25, 0.3) is 11.1 Å². The lowest BCUT2D eigenvalue weighted by Gasteiger charge is -2.20. The van der Waals surface area contributed by atoms with Crippen molar-refractivity contribution in [2.45, 2.75) is 58.2 Å². The molecule has 222 valence electrons. The van der Waals surface area contributed by atoms with Crippen LogP contribution in [0.5, 0.6) is 5.75 Å². The maximum absolute atomic E-state index is 12.8. The highest BCUT2D eigenvalue weighted by atomic mass is 16.6. The molecule has 0 spiro atoms. The Morgan fingerprint density at radius 2 is 1.55 bits per heavy atom. The van der Waals surface area contributed by atoms with Crippen LogP contribution < -0.4 is 10.1 Å². The Labute approximate surface area is 249 Å². The second-order valence-electron chi connectivity index (χ2n) is 12.4. The number of carbonyl (C=O) groups excluding carboxylic acids is 2. The van der Waals surface area contributed by atoms with Gasteiger partial charge in [-0.2, -0.15) is 0 Å². The number of ether oxygens (including phenoxy) is 3. The number of nitrogens with zero attached hydrogens (tertiary/aromatic N) is 1. The molecule has 3 aromatic carbocycles. The Morgan fingerprint density at radius 3 is 2.24 bits per heavy atom. The average Bonchev–Trinajstić information content (AvgIpc) is 3.50. The van der Waals surface area contributed by atoms with Crippen molar-refractivity contribution in [2.24, 2.45) is 11.8 Å². The van der Waals surface area contributed by atoms with Crippen LogP contribution in [0.4, 0.5) is 10.5 Å². The molecule has 0 aromatic heterocycles. The van der Waals surface area contributed by atoms with Gasteiger partial charge < -0.3 is 19.1 Å². The van der Waals surface area contributed by atoms with Gasteiger partial charge in [0.2, 0.25) is 0 Å². The van der Waals surface area contributed by atoms with E-state index in [2.05, 4.69) is 22.3 Å². The van der Waals surface area contributed by atoms with Gasteiger partial charge >= 0.3 is 12.1 Å². The lowest BCUT2D eigenvalue weighted by molar-refractivity contribution is -0.155. The van der Waals surface area contributed by atoms with E-state index in [4.69, 9.17) is 14.2 Å². The van der Waals surface area contributed by atoms with E-state index in [0.717, 1.165) is 61.5 Å². The Balaban J connectivity index is 1.01. The number of esters is 1. The molecule has 0 bridgehead atoms. The van der Waals surface area contributed by atoms with Crippen LogP contribution in [0.3, 0.4) is 0 Å². The molecule has 0 radical (unpaired) electrons. The number of rotatable bonds is 10. The summed E-state index contributed by atoms with van der Waals surface area (Å²) >= 11 is 0. The van der Waals surface area contributed by atoms with Crippen LogP contribution in [0, 0.1) is 11.8 Å². The van der Waals surface area contributed by atoms with Gasteiger partial charge in [0.25, 0.3) is 0 Å². The molecule has 42 heavy (non-hydrogen) atoms. The summed E-state index contributed by atoms with van der Waals surface area (Å²) in [6.45, 7) is 8.99. The highest BCUT2D eigenvalue weighted by Gasteiger charge is 2.42. The first-order chi connectivity index (χ1) is 20.2. The summed E-state index contributed by atoms with van der Waals surface area (Å²) < 4.78 is 16.9. The van der Waals surface area contributed by atoms with Gasteiger partial charge in [-0.25, -0.2) is 4.79 Å². The van der Waals surface area contributed by atoms with E-state index in [1.165, 1.54) is 5.56 Å². The minimum Gasteiger partial charge on any atom is -0.493 e. The molecule has 3 atom stereocenters. The first-order valence-electron chi connectivity index (χ1n) is 15.0. The largest absolute Gasteiger partial charge is 0.493 e. The van der Waals surface area contributed by atoms with Crippen molar-refractivity contribution in [3.8, 4) is 16.9 Å². The van der Waals surface area contributed by atoms with Crippen LogP contribution in [0.1, 0.15) is 45.6 Å². The molecular weight excluding hydrogens is 528 g/mol. The summed E-state index contributed by atoms with van der Waals surface area (Å²) in [7, 11) is 0. The number of hydrogen-bond acceptors (Lipinski definition) is 6. The lowest BCUT2D eigenvalue weighted by Crippen LogP contribution is -2.27. The fourth-order valence-electron chi connectivity index (χ4n) is 6.06. The molecular formula is C35H42N2O5. The first kappa shape index (κ1) is 29.6. The summed E-state index contributed by atoms with van der Waals surface area (Å²) in [6, 6.07) is 26.0. The molecule has 2 fully saturated rings. The van der Waals surface area contributed by atoms with Gasteiger partial charge in [-0.1, -0.05) is 60.7 Å². The normalized spacial score (nSPS) is 20.1. The number of benzene rings is 3. The number of fused-ring (bicyclic) bond motifs is 1. The van der Waals surface area contributed by atoms with Gasteiger partial charge in [0.15, 0.2) is 0 Å². The molecule has 7 heteroatoms. The SMILES string of the molecule is CC(C)(C)OC(=O)CCOc1ccc(CCN2C[C@H]3CC(OC(=O)Nc4ccccc4-c4ccccc4)C[C@H]3C2)cc1. The van der Waals surface area contributed by atoms with Gasteiger partial charge in [-0.05, 0) is 81.2 Å². The monoisotopic (exact) mass is 570 g/mol. The van der Waals surface area contributed by atoms with Crippen molar-refractivity contribution in [3.63, 3.8) is 0 Å². The average molecular weight is 571 g/mol. The van der Waals surface area contributed by atoms with E-state index in [1.807, 2.05) is 87.5 Å². The number of carbonyl (C=O) groups is 2. The third-order valence-electron chi connectivity index (χ3n) is 7.94. The predicted octanol–water partition coefficient (Wildman–Crippen LogP) is 6.97. The number of amides is 1. The van der Waals surface area contributed by atoms with E-state index >= 15 is 0 Å². The van der Waals surface area contributed by atoms with Crippen molar-refractivity contribution in [1.82, 2.24) is 4.90 Å². The predicted molar refractivity (Wildman–Crippen MR) is 165 cm³/mol. The van der Waals surface area contributed by atoms with Gasteiger partial charge in [0, 0.05) is 25.2 Å². The standard InChI is InChI=1S/C35H42N2O5/c1-35(2,3)42-33(38)18-20-40-29-15-13-25(14-16-29)17-19-37-23-27-21-30(22-28(27)24-37)41-34(39)36-32-12-8-7-11-31(32)26-9-5-4-6-10-26/h4-16,27-28,30H,17-24H2,1-3H3,(H,36,39)/t27-,28+,30?. The number of anilines is 1. The van der Waals surface area contributed by atoms with E-state index in [9.17, 15) is 9.59 Å². The number of likely N-dealkylation sites (tertiary alicyclic amines) is 1. The zero-order valence-corrected chi connectivity index (χ0v) is 24.9. The van der Waals surface area contributed by atoms with E-state index in [-0.39, 0.29) is 24.6 Å². The maximum Gasteiger partial charge on any atom is 0.411 e. The molecule has 3 aromatic rings. The fourth-order valence-corrected chi connectivity index (χ4v) is 6.06. The van der Waals surface area contributed by atoms with E-state index in [1.54, 1.807) is 0 Å². The van der Waals surface area contributed by atoms with Crippen molar-refractivity contribution in [1.29, 1.82) is 0 Å². The van der Waals surface area contributed by atoms with Gasteiger partial charge in [0.1, 0.15) is 17.5 Å². The molecule has 1 saturated heterocycles. The van der Waals surface area contributed by atoms with E-state index in [0.29, 0.717) is 18.4 Å². The highest BCUT2D eigenvalue weighted by Crippen LogP contribution is 2.39. The van der Waals surface area contributed by atoms with Crippen LogP contribution in [0.2, 0.25) is 0 Å². The quantitative estimate of drug-likeness (QED) is 0.266. The molecule has 5 rings (SSSR count). The zero-order valence-electron chi connectivity index (χ0n) is 24.9. The van der Waals surface area contributed by atoms with Gasteiger partial charge in [-0.3, -0.25) is 10.1 Å². The molecule has 1 saturated carbocycles. The molecule has 1 aliphatic heterocycles. The Bertz CT molecular complexity index is 1320. The van der Waals surface area contributed by atoms with Crippen molar-refractivity contribution < 1.29 is 23.8 Å². The maximum atomic E-state index is 12.8. The Hall–Kier alpha value is -3.84. The molecule has 2 aliphatic rings.